The highest BCUT2D eigenvalue weighted by molar-refractivity contribution is 5.11. The van der Waals surface area contributed by atoms with Crippen LogP contribution in [0.5, 0.6) is 0 Å². The second-order valence-electron chi connectivity index (χ2n) is 4.70. The van der Waals surface area contributed by atoms with Crippen molar-refractivity contribution in [2.24, 2.45) is 0 Å². The van der Waals surface area contributed by atoms with Gasteiger partial charge in [0.2, 0.25) is 0 Å². The number of hydrogen-bond acceptors (Lipinski definition) is 0. The second-order valence-corrected chi connectivity index (χ2v) is 4.70. The average Bonchev–Trinajstić information content (AvgIpc) is 2.39. The molecule has 0 aromatic heterocycles. The molecule has 0 aliphatic carbocycles. The van der Waals surface area contributed by atoms with Gasteiger partial charge >= 0.3 is 0 Å². The molecule has 0 saturated carbocycles. The normalized spacial score (nSPS) is 9.22. The maximum atomic E-state index is 3.22. The third-order valence-corrected chi connectivity index (χ3v) is 2.88. The van der Waals surface area contributed by atoms with Crippen LogP contribution in [0, 0.1) is 30.1 Å². The molecule has 0 bridgehead atoms. The van der Waals surface area contributed by atoms with E-state index < -0.39 is 0 Å². The fourth-order valence-corrected chi connectivity index (χ4v) is 1.72. The first-order chi connectivity index (χ1) is 8.91. The summed E-state index contributed by atoms with van der Waals surface area (Å²) in [4.78, 5) is 0. The first-order valence-corrected chi connectivity index (χ1v) is 7.61. The Balaban J connectivity index is 3.23. The largest absolute Gasteiger partial charge is 0.102 e. The molecule has 0 nitrogen and oxygen atoms in total. The molecule has 101 valence electrons. The van der Waals surface area contributed by atoms with Crippen LogP contribution in [0.2, 0.25) is 0 Å². The first-order valence-electron chi connectivity index (χ1n) is 7.61. The number of rotatable bonds is 9. The summed E-state index contributed by atoms with van der Waals surface area (Å²) in [6.07, 6.45) is 15.5. The van der Waals surface area contributed by atoms with Crippen LogP contribution < -0.4 is 0 Å². The summed E-state index contributed by atoms with van der Waals surface area (Å²) in [7, 11) is 0. The minimum atomic E-state index is 0.761. The summed E-state index contributed by atoms with van der Waals surface area (Å²) in [5.41, 5.74) is 0. The topological polar surface area (TPSA) is 0 Å². The molecule has 0 heterocycles. The Morgan fingerprint density at radius 1 is 0.722 bits per heavy atom. The van der Waals surface area contributed by atoms with E-state index in [4.69, 9.17) is 0 Å². The maximum absolute atomic E-state index is 3.22. The molecule has 0 aliphatic heterocycles. The summed E-state index contributed by atoms with van der Waals surface area (Å²) in [6, 6.07) is 0. The maximum Gasteiger partial charge on any atom is 0.0702 e. The van der Waals surface area contributed by atoms with Gasteiger partial charge in [0.25, 0.3) is 0 Å². The van der Waals surface area contributed by atoms with E-state index in [0.29, 0.717) is 0 Å². The molecule has 18 heavy (non-hydrogen) atoms. The van der Waals surface area contributed by atoms with E-state index in [2.05, 4.69) is 44.0 Å². The predicted octanol–water partition coefficient (Wildman–Crippen LogP) is 5.53. The Morgan fingerprint density at radius 2 is 1.33 bits per heavy atom. The van der Waals surface area contributed by atoms with Crippen LogP contribution in [0.1, 0.15) is 84.5 Å². The number of hydrogen-bond donors (Lipinski definition) is 0. The second kappa shape index (κ2) is 16.1. The van der Waals surface area contributed by atoms with Gasteiger partial charge in [-0.2, -0.15) is 0 Å². The highest BCUT2D eigenvalue weighted by Crippen LogP contribution is 2.05. The van der Waals surface area contributed by atoms with Crippen LogP contribution in [-0.2, 0) is 0 Å². The Labute approximate surface area is 115 Å². The molecule has 0 aromatic carbocycles. The minimum Gasteiger partial charge on any atom is -0.102 e. The van der Waals surface area contributed by atoms with Gasteiger partial charge in [-0.1, -0.05) is 64.2 Å². The van der Waals surface area contributed by atoms with E-state index in [1.807, 2.05) is 0 Å². The lowest BCUT2D eigenvalue weighted by molar-refractivity contribution is 0.646. The van der Waals surface area contributed by atoms with Gasteiger partial charge in [-0.25, -0.2) is 0 Å². The molecule has 0 saturated heterocycles. The molecule has 0 aliphatic rings. The van der Waals surface area contributed by atoms with Gasteiger partial charge in [0, 0.05) is 12.8 Å². The summed E-state index contributed by atoms with van der Waals surface area (Å²) < 4.78 is 0. The highest BCUT2D eigenvalue weighted by Gasteiger charge is 1.87. The van der Waals surface area contributed by atoms with Crippen molar-refractivity contribution >= 4 is 0 Å². The first kappa shape index (κ1) is 17.1. The van der Waals surface area contributed by atoms with E-state index in [1.54, 1.807) is 0 Å². The van der Waals surface area contributed by atoms with Crippen LogP contribution in [0.3, 0.4) is 0 Å². The van der Waals surface area contributed by atoms with Crippen molar-refractivity contribution in [3.63, 3.8) is 0 Å². The fourth-order valence-electron chi connectivity index (χ4n) is 1.72. The third-order valence-electron chi connectivity index (χ3n) is 2.88. The van der Waals surface area contributed by atoms with Gasteiger partial charge in [-0.15, -0.1) is 11.8 Å². The average molecular weight is 245 g/mol. The van der Waals surface area contributed by atoms with Crippen LogP contribution in [0.4, 0.5) is 0 Å². The highest BCUT2D eigenvalue weighted by atomic mass is 13.9. The number of unbranched alkanes of at least 4 members (excludes halogenated alkanes) is 9. The zero-order valence-electron chi connectivity index (χ0n) is 12.4. The lowest BCUT2D eigenvalue weighted by Gasteiger charge is -1.96. The molecule has 0 fully saturated rings. The Bertz CT molecular complexity index is 266. The molecule has 0 atom stereocenters. The molecule has 0 rings (SSSR count). The predicted molar refractivity (Wildman–Crippen MR) is 82.0 cm³/mol. The lowest BCUT2D eigenvalue weighted by Crippen LogP contribution is -1.78. The molecule has 0 spiro atoms. The van der Waals surface area contributed by atoms with Gasteiger partial charge in [0.1, 0.15) is 0 Å². The van der Waals surface area contributed by atoms with E-state index >= 15 is 0 Å². The van der Waals surface area contributed by atoms with E-state index in [9.17, 15) is 0 Å². The molecular weight excluding hydrogens is 216 g/mol. The van der Waals surface area contributed by atoms with Gasteiger partial charge in [0.15, 0.2) is 0 Å². The molecule has 0 amide bonds. The Kier molecular flexibility index (Phi) is 15.3. The Hall–Kier alpha value is -0.880. The van der Waals surface area contributed by atoms with Crippen molar-refractivity contribution < 1.29 is 0 Å². The van der Waals surface area contributed by atoms with Gasteiger partial charge < -0.3 is 0 Å². The molecule has 0 unspecified atom stereocenters. The summed E-state index contributed by atoms with van der Waals surface area (Å²) in [5.74, 6) is 12.7. The van der Waals surface area contributed by atoms with Gasteiger partial charge in [-0.3, -0.25) is 0 Å². The fraction of sp³-hybridized carbons (Fsp3) is 0.722. The summed E-state index contributed by atoms with van der Waals surface area (Å²) in [5, 5.41) is 0. The van der Waals surface area contributed by atoms with Crippen molar-refractivity contribution in [1.82, 2.24) is 0 Å². The van der Waals surface area contributed by atoms with Crippen LogP contribution in [-0.4, -0.2) is 0 Å². The van der Waals surface area contributed by atoms with E-state index in [0.717, 1.165) is 19.3 Å². The van der Waals surface area contributed by atoms with Crippen LogP contribution >= 0.6 is 0 Å². The third kappa shape index (κ3) is 15.1. The van der Waals surface area contributed by atoms with Crippen molar-refractivity contribution in [3.05, 3.63) is 6.42 Å². The molecule has 0 heteroatoms. The molecule has 1 radical (unpaired) electrons. The molecular formula is C18H29. The Morgan fingerprint density at radius 3 is 1.94 bits per heavy atom. The lowest BCUT2D eigenvalue weighted by atomic mass is 10.1. The van der Waals surface area contributed by atoms with Crippen LogP contribution in [0.25, 0.3) is 0 Å². The minimum absolute atomic E-state index is 0.761. The van der Waals surface area contributed by atoms with Crippen molar-refractivity contribution in [1.29, 1.82) is 0 Å². The summed E-state index contributed by atoms with van der Waals surface area (Å²) >= 11 is 0. The standard InChI is InChI=1S/C18H29/c1-3-5-7-9-11-13-15-17-18-16-14-12-10-8-6-4-2/h3H,4-11,13,15-16H2,1-2H3. The van der Waals surface area contributed by atoms with Crippen molar-refractivity contribution in [2.45, 2.75) is 84.5 Å². The zero-order valence-corrected chi connectivity index (χ0v) is 12.4. The molecule has 0 aromatic rings. The smallest absolute Gasteiger partial charge is 0.0702 e. The van der Waals surface area contributed by atoms with Crippen molar-refractivity contribution in [3.8, 4) is 23.7 Å². The molecule has 0 N–H and O–H groups in total. The van der Waals surface area contributed by atoms with E-state index in [-0.39, 0.29) is 0 Å². The quantitative estimate of drug-likeness (QED) is 0.370. The van der Waals surface area contributed by atoms with Gasteiger partial charge in [0.05, 0.1) is 6.42 Å². The zero-order chi connectivity index (χ0) is 13.3. The van der Waals surface area contributed by atoms with E-state index in [1.165, 1.54) is 51.4 Å². The summed E-state index contributed by atoms with van der Waals surface area (Å²) in [6.45, 7) is 4.36. The van der Waals surface area contributed by atoms with Crippen molar-refractivity contribution in [2.75, 3.05) is 0 Å². The SMILES string of the molecule is C[CH]CCCCCCC#CCC#CCCCCC. The monoisotopic (exact) mass is 245 g/mol. The van der Waals surface area contributed by atoms with Crippen LogP contribution in [0.15, 0.2) is 0 Å². The van der Waals surface area contributed by atoms with Gasteiger partial charge in [-0.05, 0) is 19.3 Å².